The third kappa shape index (κ3) is 8.67. The van der Waals surface area contributed by atoms with Crippen LogP contribution < -0.4 is 9.80 Å². The molecule has 2 nitrogen and oxygen atoms in total. The maximum atomic E-state index is 2.66. The zero-order chi connectivity index (χ0) is 56.5. The third-order valence-corrected chi connectivity index (χ3v) is 27.7. The lowest BCUT2D eigenvalue weighted by Gasteiger charge is -2.52. The van der Waals surface area contributed by atoms with E-state index in [0.29, 0.717) is 0 Å². The Labute approximate surface area is 491 Å². The summed E-state index contributed by atoms with van der Waals surface area (Å²) in [6.07, 6.45) is 0. The molecule has 0 fully saturated rings. The standard InChI is InChI=1S/C79H66N2Si2/c1-82(2,3)79(83(4,5)6)77-68-49-44-64(80(62-35-21-11-22-36-62)74-52-59(55-27-13-7-14-28-55)41-46-66(74)57-31-17-9-18-32-57)51-61(68)43-48-72(77)76-70-40-26-25-39-69(70)73-54-65(45-50-71(73)78(76)79)81(63-37-23-12-24-38-63)75-53-60(56-29-15-8-16-30-56)42-47-67(75)58-33-19-10-20-34-58/h7-54H,1-6H3. The minimum absolute atomic E-state index is 0.178. The second-order valence-electron chi connectivity index (χ2n) is 24.4. The zero-order valence-corrected chi connectivity index (χ0v) is 50.1. The number of anilines is 6. The molecule has 0 radical (unpaired) electrons. The molecule has 13 aromatic carbocycles. The van der Waals surface area contributed by atoms with Gasteiger partial charge in [0.05, 0.1) is 27.5 Å². The summed E-state index contributed by atoms with van der Waals surface area (Å²) in [4.78, 5) is 4.98. The van der Waals surface area contributed by atoms with Gasteiger partial charge in [0.1, 0.15) is 0 Å². The molecular weight excluding hydrogens is 1030 g/mol. The van der Waals surface area contributed by atoms with Gasteiger partial charge in [-0.15, -0.1) is 0 Å². The Morgan fingerprint density at radius 1 is 0.253 bits per heavy atom. The normalized spacial score (nSPS) is 12.8. The van der Waals surface area contributed by atoms with Crippen molar-refractivity contribution in [2.75, 3.05) is 9.80 Å². The van der Waals surface area contributed by atoms with E-state index in [2.05, 4.69) is 340 Å². The number of fused-ring (bicyclic) bond motifs is 10. The van der Waals surface area contributed by atoms with Crippen molar-refractivity contribution in [3.8, 4) is 55.6 Å². The molecule has 83 heavy (non-hydrogen) atoms. The van der Waals surface area contributed by atoms with Crippen molar-refractivity contribution < 1.29 is 0 Å². The number of hydrogen-bond acceptors (Lipinski definition) is 2. The Bertz CT molecular complexity index is 4540. The molecule has 0 saturated heterocycles. The van der Waals surface area contributed by atoms with Gasteiger partial charge in [0.25, 0.3) is 0 Å². The van der Waals surface area contributed by atoms with Crippen LogP contribution in [-0.2, 0) is 4.66 Å². The van der Waals surface area contributed by atoms with Crippen LogP contribution in [0.4, 0.5) is 34.1 Å². The first-order valence-corrected chi connectivity index (χ1v) is 36.2. The fraction of sp³-hybridized carbons (Fsp3) is 0.0886. The molecule has 14 rings (SSSR count). The predicted molar refractivity (Wildman–Crippen MR) is 363 cm³/mol. The summed E-state index contributed by atoms with van der Waals surface area (Å²) in [5.41, 5.74) is 22.1. The van der Waals surface area contributed by atoms with Crippen LogP contribution in [0.3, 0.4) is 0 Å². The van der Waals surface area contributed by atoms with Gasteiger partial charge in [-0.05, 0) is 149 Å². The largest absolute Gasteiger partial charge is 0.310 e. The summed E-state index contributed by atoms with van der Waals surface area (Å²) >= 11 is 0. The lowest BCUT2D eigenvalue weighted by Crippen LogP contribution is -2.63. The van der Waals surface area contributed by atoms with E-state index in [0.717, 1.165) is 34.1 Å². The average Bonchev–Trinajstić information content (AvgIpc) is 1.62. The van der Waals surface area contributed by atoms with Gasteiger partial charge in [-0.3, -0.25) is 0 Å². The SMILES string of the molecule is C[Si](C)(C)C1([Si](C)(C)C)c2c(ccc3cc(N(c4ccccc4)c4cc(-c5ccccc5)ccc4-c4ccccc4)ccc23)-c2c1c1ccc(N(c3ccccc3)c3cc(-c4ccccc4)ccc3-c3ccccc3)cc1c1ccccc21. The molecule has 1 aliphatic rings. The van der Waals surface area contributed by atoms with Gasteiger partial charge >= 0.3 is 0 Å². The quantitative estimate of drug-likeness (QED) is 0.0889. The first-order chi connectivity index (χ1) is 40.5. The molecule has 0 unspecified atom stereocenters. The zero-order valence-electron chi connectivity index (χ0n) is 48.1. The molecule has 0 N–H and O–H groups in total. The highest BCUT2D eigenvalue weighted by Crippen LogP contribution is 2.63. The molecule has 0 bridgehead atoms. The average molecular weight is 1100 g/mol. The molecule has 1 aliphatic carbocycles. The molecule has 0 amide bonds. The van der Waals surface area contributed by atoms with Crippen molar-refractivity contribution in [2.24, 2.45) is 0 Å². The van der Waals surface area contributed by atoms with E-state index >= 15 is 0 Å². The highest BCUT2D eigenvalue weighted by atomic mass is 28.4. The second kappa shape index (κ2) is 20.6. The number of para-hydroxylation sites is 2. The van der Waals surface area contributed by atoms with E-state index in [9.17, 15) is 0 Å². The monoisotopic (exact) mass is 1100 g/mol. The molecule has 4 heteroatoms. The number of rotatable bonds is 12. The summed E-state index contributed by atoms with van der Waals surface area (Å²) in [7, 11) is -4.48. The van der Waals surface area contributed by atoms with Crippen LogP contribution in [0.25, 0.3) is 88.0 Å². The fourth-order valence-corrected chi connectivity index (χ4v) is 27.6. The topological polar surface area (TPSA) is 6.48 Å². The van der Waals surface area contributed by atoms with Crippen LogP contribution in [0, 0.1) is 0 Å². The minimum atomic E-state index is -2.24. The van der Waals surface area contributed by atoms with Crippen LogP contribution in [-0.4, -0.2) is 16.1 Å². The lowest BCUT2D eigenvalue weighted by atomic mass is 9.90. The molecule has 0 aromatic heterocycles. The lowest BCUT2D eigenvalue weighted by molar-refractivity contribution is 0.973. The molecule has 0 spiro atoms. The minimum Gasteiger partial charge on any atom is -0.310 e. The van der Waals surface area contributed by atoms with E-state index in [1.807, 2.05) is 0 Å². The highest BCUT2D eigenvalue weighted by Gasteiger charge is 2.60. The van der Waals surface area contributed by atoms with Gasteiger partial charge in [0, 0.05) is 38.5 Å². The Kier molecular flexibility index (Phi) is 12.8. The summed E-state index contributed by atoms with van der Waals surface area (Å²) in [5.74, 6) is 0. The van der Waals surface area contributed by atoms with Crippen molar-refractivity contribution in [2.45, 2.75) is 43.9 Å². The fourth-order valence-electron chi connectivity index (χ4n) is 14.6. The second-order valence-corrected chi connectivity index (χ2v) is 35.4. The van der Waals surface area contributed by atoms with E-state index in [1.165, 1.54) is 93.5 Å². The Morgan fingerprint density at radius 3 is 1.12 bits per heavy atom. The summed E-state index contributed by atoms with van der Waals surface area (Å²) in [5, 5.41) is 7.89. The van der Waals surface area contributed by atoms with Gasteiger partial charge in [-0.1, -0.05) is 270 Å². The van der Waals surface area contributed by atoms with Gasteiger partial charge in [0.15, 0.2) is 0 Å². The van der Waals surface area contributed by atoms with Gasteiger partial charge in [-0.2, -0.15) is 0 Å². The van der Waals surface area contributed by atoms with Crippen molar-refractivity contribution in [1.82, 2.24) is 0 Å². The molecule has 0 aliphatic heterocycles. The summed E-state index contributed by atoms with van der Waals surface area (Å²) < 4.78 is -0.178. The maximum Gasteiger partial charge on any atom is 0.0579 e. The van der Waals surface area contributed by atoms with E-state index < -0.39 is 16.1 Å². The van der Waals surface area contributed by atoms with Crippen LogP contribution >= 0.6 is 0 Å². The van der Waals surface area contributed by atoms with Crippen molar-refractivity contribution >= 4 is 82.6 Å². The third-order valence-electron chi connectivity index (χ3n) is 17.7. The van der Waals surface area contributed by atoms with Crippen LogP contribution in [0.5, 0.6) is 0 Å². The Hall–Kier alpha value is -9.33. The molecule has 0 saturated carbocycles. The Balaban J connectivity index is 1.01. The van der Waals surface area contributed by atoms with E-state index in [1.54, 1.807) is 5.56 Å². The smallest absolute Gasteiger partial charge is 0.0579 e. The summed E-state index contributed by atoms with van der Waals surface area (Å²) in [6, 6.07) is 108. The number of nitrogens with zero attached hydrogens (tertiary/aromatic N) is 2. The molecule has 0 atom stereocenters. The van der Waals surface area contributed by atoms with Crippen LogP contribution in [0.15, 0.2) is 291 Å². The predicted octanol–water partition coefficient (Wildman–Crippen LogP) is 22.8. The van der Waals surface area contributed by atoms with E-state index in [4.69, 9.17) is 0 Å². The molecular formula is C79H66N2Si2. The first kappa shape index (κ1) is 51.8. The summed E-state index contributed by atoms with van der Waals surface area (Å²) in [6.45, 7) is 16.0. The molecule has 400 valence electrons. The van der Waals surface area contributed by atoms with Crippen molar-refractivity contribution in [3.63, 3.8) is 0 Å². The first-order valence-electron chi connectivity index (χ1n) is 29.2. The van der Waals surface area contributed by atoms with Crippen molar-refractivity contribution in [1.29, 1.82) is 0 Å². The Morgan fingerprint density at radius 2 is 0.651 bits per heavy atom. The van der Waals surface area contributed by atoms with Crippen LogP contribution in [0.1, 0.15) is 11.1 Å². The molecule has 13 aromatic rings. The number of hydrogen-bond donors (Lipinski definition) is 0. The van der Waals surface area contributed by atoms with Gasteiger partial charge in [0.2, 0.25) is 0 Å². The van der Waals surface area contributed by atoms with E-state index in [-0.39, 0.29) is 4.66 Å². The van der Waals surface area contributed by atoms with Crippen molar-refractivity contribution in [3.05, 3.63) is 302 Å². The number of benzene rings is 13. The molecule has 0 heterocycles. The van der Waals surface area contributed by atoms with Gasteiger partial charge in [-0.25, -0.2) is 0 Å². The maximum absolute atomic E-state index is 2.66. The van der Waals surface area contributed by atoms with Gasteiger partial charge < -0.3 is 9.80 Å². The van der Waals surface area contributed by atoms with Crippen LogP contribution in [0.2, 0.25) is 39.3 Å². The highest BCUT2D eigenvalue weighted by molar-refractivity contribution is 7.00.